The Morgan fingerprint density at radius 3 is 2.89 bits per heavy atom. The first-order chi connectivity index (χ1) is 9.19. The predicted octanol–water partition coefficient (Wildman–Crippen LogP) is 4.39. The molecule has 1 N–H and O–H groups in total. The van der Waals surface area contributed by atoms with Crippen molar-refractivity contribution in [2.45, 2.75) is 43.9 Å². The first-order valence-corrected chi connectivity index (χ1v) is 8.83. The molecule has 19 heavy (non-hydrogen) atoms. The Bertz CT molecular complexity index is 387. The normalized spacial score (nSPS) is 21.3. The molecule has 0 radical (unpaired) electrons. The second-order valence-corrected chi connectivity index (χ2v) is 7.31. The third kappa shape index (κ3) is 4.76. The van der Waals surface area contributed by atoms with Crippen LogP contribution in [0.15, 0.2) is 22.7 Å². The van der Waals surface area contributed by atoms with Crippen LogP contribution in [0, 0.1) is 5.82 Å². The Labute approximate surface area is 127 Å². The quantitative estimate of drug-likeness (QED) is 0.848. The Morgan fingerprint density at radius 1 is 1.42 bits per heavy atom. The van der Waals surface area contributed by atoms with Crippen LogP contribution < -0.4 is 5.32 Å². The van der Waals surface area contributed by atoms with Crippen LogP contribution >= 0.6 is 27.7 Å². The number of nitrogens with one attached hydrogen (secondary N) is 1. The van der Waals surface area contributed by atoms with Crippen LogP contribution in [0.3, 0.4) is 0 Å². The largest absolute Gasteiger partial charge is 0.313 e. The lowest BCUT2D eigenvalue weighted by Crippen LogP contribution is -2.41. The average molecular weight is 346 g/mol. The molecule has 2 unspecified atom stereocenters. The molecule has 0 spiro atoms. The fourth-order valence-electron chi connectivity index (χ4n) is 2.66. The minimum Gasteiger partial charge on any atom is -0.313 e. The maximum Gasteiger partial charge on any atom is 0.124 e. The molecule has 2 atom stereocenters. The van der Waals surface area contributed by atoms with Crippen LogP contribution in [0.2, 0.25) is 0 Å². The summed E-state index contributed by atoms with van der Waals surface area (Å²) in [5.41, 5.74) is 1.07. The van der Waals surface area contributed by atoms with Gasteiger partial charge in [0.2, 0.25) is 0 Å². The molecule has 1 fully saturated rings. The molecule has 1 nitrogen and oxygen atoms in total. The van der Waals surface area contributed by atoms with Crippen LogP contribution in [0.1, 0.15) is 31.7 Å². The zero-order chi connectivity index (χ0) is 13.7. The van der Waals surface area contributed by atoms with Gasteiger partial charge in [0.25, 0.3) is 0 Å². The van der Waals surface area contributed by atoms with Crippen LogP contribution in [0.5, 0.6) is 0 Å². The molecule has 1 aromatic carbocycles. The Balaban J connectivity index is 2.06. The lowest BCUT2D eigenvalue weighted by molar-refractivity contribution is 0.471. The van der Waals surface area contributed by atoms with Gasteiger partial charge in [-0.1, -0.05) is 29.3 Å². The van der Waals surface area contributed by atoms with Gasteiger partial charge < -0.3 is 5.32 Å². The number of rotatable bonds is 5. The van der Waals surface area contributed by atoms with Crippen LogP contribution in [0.25, 0.3) is 0 Å². The van der Waals surface area contributed by atoms with Crippen molar-refractivity contribution < 1.29 is 4.39 Å². The average Bonchev–Trinajstić information content (AvgIpc) is 2.38. The summed E-state index contributed by atoms with van der Waals surface area (Å²) in [7, 11) is 0. The third-order valence-corrected chi connectivity index (χ3v) is 5.48. The highest BCUT2D eigenvalue weighted by Crippen LogP contribution is 2.29. The van der Waals surface area contributed by atoms with E-state index >= 15 is 0 Å². The number of thioether (sulfide) groups is 1. The van der Waals surface area contributed by atoms with Gasteiger partial charge >= 0.3 is 0 Å². The number of hydrogen-bond acceptors (Lipinski definition) is 2. The van der Waals surface area contributed by atoms with Gasteiger partial charge in [-0.25, -0.2) is 4.39 Å². The molecule has 0 aromatic heterocycles. The van der Waals surface area contributed by atoms with E-state index in [9.17, 15) is 4.39 Å². The van der Waals surface area contributed by atoms with Gasteiger partial charge in [0.1, 0.15) is 5.82 Å². The van der Waals surface area contributed by atoms with Crippen molar-refractivity contribution in [2.24, 2.45) is 0 Å². The smallest absolute Gasteiger partial charge is 0.124 e. The maximum atomic E-state index is 13.5. The minimum absolute atomic E-state index is 0.157. The van der Waals surface area contributed by atoms with E-state index in [2.05, 4.69) is 39.9 Å². The molecule has 0 saturated carbocycles. The standard InChI is InChI=1S/C15H21BrFNS/c1-2-18-14(15-5-3-4-6-19-15)9-11-7-12(16)10-13(17)8-11/h7-8,10,14-15,18H,2-6,9H2,1H3. The molecule has 2 rings (SSSR count). The highest BCUT2D eigenvalue weighted by atomic mass is 79.9. The van der Waals surface area contributed by atoms with Crippen LogP contribution in [0.4, 0.5) is 4.39 Å². The van der Waals surface area contributed by atoms with E-state index in [4.69, 9.17) is 0 Å². The fourth-order valence-corrected chi connectivity index (χ4v) is 4.61. The zero-order valence-corrected chi connectivity index (χ0v) is 13.7. The van der Waals surface area contributed by atoms with E-state index in [0.29, 0.717) is 11.3 Å². The number of benzene rings is 1. The highest BCUT2D eigenvalue weighted by molar-refractivity contribution is 9.10. The molecule has 0 amide bonds. The van der Waals surface area contributed by atoms with Crippen LogP contribution in [-0.4, -0.2) is 23.6 Å². The van der Waals surface area contributed by atoms with Gasteiger partial charge in [-0.3, -0.25) is 0 Å². The van der Waals surface area contributed by atoms with Crippen molar-refractivity contribution in [2.75, 3.05) is 12.3 Å². The second-order valence-electron chi connectivity index (χ2n) is 5.05. The summed E-state index contributed by atoms with van der Waals surface area (Å²) in [5, 5.41) is 4.24. The van der Waals surface area contributed by atoms with E-state index < -0.39 is 0 Å². The number of hydrogen-bond donors (Lipinski definition) is 1. The monoisotopic (exact) mass is 345 g/mol. The van der Waals surface area contributed by atoms with Crippen molar-refractivity contribution in [3.05, 3.63) is 34.1 Å². The zero-order valence-electron chi connectivity index (χ0n) is 11.3. The molecule has 0 bridgehead atoms. The van der Waals surface area contributed by atoms with E-state index in [0.717, 1.165) is 23.0 Å². The molecule has 106 valence electrons. The SMILES string of the molecule is CCNC(Cc1cc(F)cc(Br)c1)C1CCCCS1. The van der Waals surface area contributed by atoms with E-state index in [1.807, 2.05) is 6.07 Å². The summed E-state index contributed by atoms with van der Waals surface area (Å²) >= 11 is 5.44. The first kappa shape index (κ1) is 15.3. The molecular formula is C15H21BrFNS. The second kappa shape index (κ2) is 7.65. The summed E-state index contributed by atoms with van der Waals surface area (Å²) in [6, 6.07) is 5.65. The molecule has 1 saturated heterocycles. The molecule has 1 heterocycles. The van der Waals surface area contributed by atoms with Gasteiger partial charge in [-0.2, -0.15) is 11.8 Å². The lowest BCUT2D eigenvalue weighted by atomic mass is 9.99. The van der Waals surface area contributed by atoms with E-state index in [1.165, 1.54) is 31.1 Å². The van der Waals surface area contributed by atoms with Gasteiger partial charge in [0, 0.05) is 15.8 Å². The Kier molecular flexibility index (Phi) is 6.17. The third-order valence-electron chi connectivity index (χ3n) is 3.51. The van der Waals surface area contributed by atoms with Crippen molar-refractivity contribution in [3.63, 3.8) is 0 Å². The summed E-state index contributed by atoms with van der Waals surface area (Å²) in [6.45, 7) is 3.11. The van der Waals surface area contributed by atoms with Crippen molar-refractivity contribution in [3.8, 4) is 0 Å². The lowest BCUT2D eigenvalue weighted by Gasteiger charge is -2.30. The van der Waals surface area contributed by atoms with Gasteiger partial charge in [0.05, 0.1) is 0 Å². The summed E-state index contributed by atoms with van der Waals surface area (Å²) < 4.78 is 14.3. The van der Waals surface area contributed by atoms with Crippen molar-refractivity contribution in [1.29, 1.82) is 0 Å². The number of likely N-dealkylation sites (N-methyl/N-ethyl adjacent to an activating group) is 1. The topological polar surface area (TPSA) is 12.0 Å². The minimum atomic E-state index is -0.157. The molecule has 1 aromatic rings. The molecule has 4 heteroatoms. The summed E-state index contributed by atoms with van der Waals surface area (Å²) in [6.07, 6.45) is 4.85. The van der Waals surface area contributed by atoms with Gasteiger partial charge in [-0.05, 0) is 55.3 Å². The number of halogens is 2. The van der Waals surface area contributed by atoms with Crippen molar-refractivity contribution >= 4 is 27.7 Å². The van der Waals surface area contributed by atoms with Gasteiger partial charge in [0.15, 0.2) is 0 Å². The van der Waals surface area contributed by atoms with Gasteiger partial charge in [-0.15, -0.1) is 0 Å². The van der Waals surface area contributed by atoms with E-state index in [1.54, 1.807) is 6.07 Å². The van der Waals surface area contributed by atoms with E-state index in [-0.39, 0.29) is 5.82 Å². The Morgan fingerprint density at radius 2 is 2.26 bits per heavy atom. The van der Waals surface area contributed by atoms with Crippen molar-refractivity contribution in [1.82, 2.24) is 5.32 Å². The molecule has 1 aliphatic rings. The first-order valence-electron chi connectivity index (χ1n) is 6.99. The molecule has 0 aliphatic carbocycles. The van der Waals surface area contributed by atoms with Crippen LogP contribution in [-0.2, 0) is 6.42 Å². The summed E-state index contributed by atoms with van der Waals surface area (Å²) in [4.78, 5) is 0. The fraction of sp³-hybridized carbons (Fsp3) is 0.600. The molecule has 1 aliphatic heterocycles. The predicted molar refractivity (Wildman–Crippen MR) is 85.4 cm³/mol. The molecular weight excluding hydrogens is 325 g/mol. The Hall–Kier alpha value is -0.0600. The maximum absolute atomic E-state index is 13.5. The summed E-state index contributed by atoms with van der Waals surface area (Å²) in [5.74, 6) is 1.11. The highest BCUT2D eigenvalue weighted by Gasteiger charge is 2.23.